The monoisotopic (exact) mass is 285 g/mol. The van der Waals surface area contributed by atoms with Gasteiger partial charge in [-0.1, -0.05) is 30.3 Å². The second-order valence-electron chi connectivity index (χ2n) is 5.07. The second-order valence-corrected chi connectivity index (χ2v) is 6.74. The van der Waals surface area contributed by atoms with E-state index in [2.05, 4.69) is 5.09 Å². The van der Waals surface area contributed by atoms with Crippen molar-refractivity contribution < 1.29 is 13.6 Å². The zero-order valence-corrected chi connectivity index (χ0v) is 13.2. The predicted octanol–water partition coefficient (Wildman–Crippen LogP) is 4.30. The molecule has 0 saturated carbocycles. The molecule has 4 nitrogen and oxygen atoms in total. The lowest BCUT2D eigenvalue weighted by Gasteiger charge is -2.26. The molecule has 1 aromatic rings. The smallest absolute Gasteiger partial charge is 0.294 e. The summed E-state index contributed by atoms with van der Waals surface area (Å²) in [4.78, 5) is 0. The highest BCUT2D eigenvalue weighted by molar-refractivity contribution is 7.51. The Labute approximate surface area is 116 Å². The summed E-state index contributed by atoms with van der Waals surface area (Å²) in [7, 11) is -3.30. The first kappa shape index (κ1) is 16.4. The highest BCUT2D eigenvalue weighted by atomic mass is 31.2. The minimum atomic E-state index is -3.30. The summed E-state index contributed by atoms with van der Waals surface area (Å²) in [5, 5.41) is 2.98. The van der Waals surface area contributed by atoms with Crippen molar-refractivity contribution >= 4 is 7.75 Å². The Morgan fingerprint density at radius 2 is 1.42 bits per heavy atom. The zero-order valence-electron chi connectivity index (χ0n) is 12.3. The van der Waals surface area contributed by atoms with Crippen LogP contribution in [0.1, 0.15) is 46.2 Å². The van der Waals surface area contributed by atoms with E-state index in [4.69, 9.17) is 9.05 Å². The Morgan fingerprint density at radius 3 is 1.84 bits per heavy atom. The molecule has 0 fully saturated rings. The summed E-state index contributed by atoms with van der Waals surface area (Å²) in [5.74, 6) is 0. The van der Waals surface area contributed by atoms with Crippen LogP contribution < -0.4 is 5.09 Å². The first-order valence-corrected chi connectivity index (χ1v) is 8.16. The number of hydrogen-bond donors (Lipinski definition) is 1. The predicted molar refractivity (Wildman–Crippen MR) is 78.0 cm³/mol. The van der Waals surface area contributed by atoms with Crippen LogP contribution in [0, 0.1) is 0 Å². The first-order chi connectivity index (χ1) is 8.82. The van der Waals surface area contributed by atoms with Crippen LogP contribution in [0.15, 0.2) is 30.3 Å². The fourth-order valence-corrected chi connectivity index (χ4v) is 3.60. The summed E-state index contributed by atoms with van der Waals surface area (Å²) in [6, 6.07) is 9.70. The molecule has 0 radical (unpaired) electrons. The van der Waals surface area contributed by atoms with E-state index in [0.29, 0.717) is 0 Å². The van der Waals surface area contributed by atoms with Crippen LogP contribution in [0.5, 0.6) is 0 Å². The lowest BCUT2D eigenvalue weighted by molar-refractivity contribution is 0.133. The number of benzene rings is 1. The van der Waals surface area contributed by atoms with Crippen LogP contribution in [-0.2, 0) is 13.6 Å². The molecule has 1 N–H and O–H groups in total. The van der Waals surface area contributed by atoms with E-state index in [0.717, 1.165) is 5.56 Å². The van der Waals surface area contributed by atoms with Gasteiger partial charge in [0.15, 0.2) is 0 Å². The molecular formula is C14H24NO3P. The van der Waals surface area contributed by atoms with Gasteiger partial charge in [-0.2, -0.15) is 0 Å². The third-order valence-corrected chi connectivity index (χ3v) is 4.45. The van der Waals surface area contributed by atoms with Crippen molar-refractivity contribution in [2.45, 2.75) is 52.9 Å². The van der Waals surface area contributed by atoms with Crippen LogP contribution in [0.2, 0.25) is 0 Å². The van der Waals surface area contributed by atoms with Crippen LogP contribution in [-0.4, -0.2) is 12.2 Å². The summed E-state index contributed by atoms with van der Waals surface area (Å²) in [5.41, 5.74) is 1.04. The Balaban J connectivity index is 2.80. The summed E-state index contributed by atoms with van der Waals surface area (Å²) < 4.78 is 23.6. The number of nitrogens with one attached hydrogen (secondary N) is 1. The summed E-state index contributed by atoms with van der Waals surface area (Å²) >= 11 is 0. The van der Waals surface area contributed by atoms with E-state index in [1.165, 1.54) is 0 Å². The molecule has 108 valence electrons. The Morgan fingerprint density at radius 1 is 0.947 bits per heavy atom. The highest BCUT2D eigenvalue weighted by Crippen LogP contribution is 2.48. The van der Waals surface area contributed by atoms with Crippen molar-refractivity contribution in [2.24, 2.45) is 0 Å². The Bertz CT molecular complexity index is 406. The highest BCUT2D eigenvalue weighted by Gasteiger charge is 2.29. The van der Waals surface area contributed by atoms with Crippen LogP contribution in [0.25, 0.3) is 0 Å². The van der Waals surface area contributed by atoms with Gasteiger partial charge in [0.05, 0.1) is 12.2 Å². The van der Waals surface area contributed by atoms with Crippen molar-refractivity contribution in [1.82, 2.24) is 5.09 Å². The maximum atomic E-state index is 12.7. The molecular weight excluding hydrogens is 261 g/mol. The third kappa shape index (κ3) is 5.87. The number of rotatable bonds is 7. The van der Waals surface area contributed by atoms with E-state index >= 15 is 0 Å². The molecule has 0 spiro atoms. The fourth-order valence-electron chi connectivity index (χ4n) is 1.69. The molecule has 0 unspecified atom stereocenters. The minimum Gasteiger partial charge on any atom is -0.294 e. The van der Waals surface area contributed by atoms with Crippen LogP contribution >= 0.6 is 7.75 Å². The lowest BCUT2D eigenvalue weighted by Crippen LogP contribution is -2.22. The molecule has 5 heteroatoms. The topological polar surface area (TPSA) is 47.6 Å². The van der Waals surface area contributed by atoms with Crippen molar-refractivity contribution in [2.75, 3.05) is 0 Å². The van der Waals surface area contributed by atoms with Gasteiger partial charge >= 0.3 is 7.75 Å². The second kappa shape index (κ2) is 7.20. The standard InChI is InChI=1S/C14H24NO3P/c1-11(2)17-19(16,18-12(3)4)15-13(5)14-9-7-6-8-10-14/h6-13H,1-5H3,(H,15,16)/t13-/m1/s1. The van der Waals surface area contributed by atoms with Gasteiger partial charge in [-0.3, -0.25) is 9.05 Å². The largest absolute Gasteiger partial charge is 0.406 e. The van der Waals surface area contributed by atoms with Gasteiger partial charge in [0.25, 0.3) is 0 Å². The van der Waals surface area contributed by atoms with E-state index in [1.54, 1.807) is 0 Å². The molecule has 1 atom stereocenters. The Kier molecular flexibility index (Phi) is 6.21. The van der Waals surface area contributed by atoms with Crippen molar-refractivity contribution in [3.05, 3.63) is 35.9 Å². The maximum absolute atomic E-state index is 12.7. The van der Waals surface area contributed by atoms with Gasteiger partial charge in [0, 0.05) is 6.04 Å². The average molecular weight is 285 g/mol. The summed E-state index contributed by atoms with van der Waals surface area (Å²) in [6.45, 7) is 9.29. The van der Waals surface area contributed by atoms with Crippen LogP contribution in [0.4, 0.5) is 0 Å². The van der Waals surface area contributed by atoms with Crippen molar-refractivity contribution in [3.63, 3.8) is 0 Å². The van der Waals surface area contributed by atoms with E-state index in [9.17, 15) is 4.57 Å². The lowest BCUT2D eigenvalue weighted by atomic mass is 10.1. The van der Waals surface area contributed by atoms with Gasteiger partial charge in [-0.25, -0.2) is 9.65 Å². The van der Waals surface area contributed by atoms with E-state index in [1.807, 2.05) is 65.0 Å². The SMILES string of the molecule is CC(C)OP(=O)(N[C@H](C)c1ccccc1)OC(C)C. The molecule has 0 aliphatic carbocycles. The van der Waals surface area contributed by atoms with E-state index < -0.39 is 7.75 Å². The average Bonchev–Trinajstić information content (AvgIpc) is 2.27. The third-order valence-electron chi connectivity index (χ3n) is 2.35. The first-order valence-electron chi connectivity index (χ1n) is 6.62. The molecule has 19 heavy (non-hydrogen) atoms. The number of hydrogen-bond acceptors (Lipinski definition) is 3. The molecule has 0 aliphatic rings. The van der Waals surface area contributed by atoms with Crippen molar-refractivity contribution in [3.8, 4) is 0 Å². The van der Waals surface area contributed by atoms with Crippen LogP contribution in [0.3, 0.4) is 0 Å². The molecule has 0 bridgehead atoms. The molecule has 0 saturated heterocycles. The molecule has 1 rings (SSSR count). The molecule has 0 amide bonds. The Hall–Kier alpha value is -0.670. The molecule has 0 aromatic heterocycles. The quantitative estimate of drug-likeness (QED) is 0.759. The van der Waals surface area contributed by atoms with Gasteiger partial charge in [-0.05, 0) is 40.2 Å². The van der Waals surface area contributed by atoms with Crippen molar-refractivity contribution in [1.29, 1.82) is 0 Å². The fraction of sp³-hybridized carbons (Fsp3) is 0.571. The van der Waals surface area contributed by atoms with Gasteiger partial charge in [0.2, 0.25) is 0 Å². The van der Waals surface area contributed by atoms with Gasteiger partial charge < -0.3 is 0 Å². The molecule has 1 aromatic carbocycles. The molecule has 0 heterocycles. The normalized spacial score (nSPS) is 14.1. The minimum absolute atomic E-state index is 0.107. The maximum Gasteiger partial charge on any atom is 0.406 e. The van der Waals surface area contributed by atoms with Gasteiger partial charge in [-0.15, -0.1) is 0 Å². The summed E-state index contributed by atoms with van der Waals surface area (Å²) in [6.07, 6.45) is -0.333. The van der Waals surface area contributed by atoms with Gasteiger partial charge in [0.1, 0.15) is 0 Å². The zero-order chi connectivity index (χ0) is 14.5. The molecule has 0 aliphatic heterocycles. The van der Waals surface area contributed by atoms with E-state index in [-0.39, 0.29) is 18.2 Å².